The molecule has 92 valence electrons. The molecule has 4 heteroatoms. The zero-order valence-electron chi connectivity index (χ0n) is 10.1. The highest BCUT2D eigenvalue weighted by atomic mass is 16.4. The van der Waals surface area contributed by atoms with Gasteiger partial charge >= 0.3 is 5.97 Å². The smallest absolute Gasteiger partial charge is 0.306 e. The summed E-state index contributed by atoms with van der Waals surface area (Å²) in [5.41, 5.74) is 1.69. The highest BCUT2D eigenvalue weighted by Gasteiger charge is 2.11. The number of rotatable bonds is 5. The van der Waals surface area contributed by atoms with Gasteiger partial charge in [-0.1, -0.05) is 24.6 Å². The second kappa shape index (κ2) is 6.03. The van der Waals surface area contributed by atoms with E-state index in [2.05, 4.69) is 5.32 Å². The van der Waals surface area contributed by atoms with Crippen molar-refractivity contribution in [2.24, 2.45) is 5.92 Å². The van der Waals surface area contributed by atoms with Crippen molar-refractivity contribution in [2.75, 3.05) is 6.54 Å². The molecule has 0 aliphatic carbocycles. The van der Waals surface area contributed by atoms with Crippen molar-refractivity contribution in [3.8, 4) is 0 Å². The van der Waals surface area contributed by atoms with E-state index < -0.39 is 11.9 Å². The lowest BCUT2D eigenvalue weighted by atomic mass is 10.1. The first-order valence-electron chi connectivity index (χ1n) is 5.58. The molecule has 1 aromatic rings. The van der Waals surface area contributed by atoms with E-state index in [0.29, 0.717) is 18.5 Å². The van der Waals surface area contributed by atoms with Crippen molar-refractivity contribution in [1.29, 1.82) is 0 Å². The standard InChI is InChI=1S/C13H17NO3/c1-9-3-5-11(6-4-9)12(15)14-8-7-10(2)13(16)17/h3-6,10H,7-8H2,1-2H3,(H,14,15)(H,16,17). The van der Waals surface area contributed by atoms with Crippen LogP contribution in [0.15, 0.2) is 24.3 Å². The second-order valence-electron chi connectivity index (χ2n) is 4.15. The summed E-state index contributed by atoms with van der Waals surface area (Å²) >= 11 is 0. The Labute approximate surface area is 101 Å². The molecule has 0 radical (unpaired) electrons. The van der Waals surface area contributed by atoms with Crippen LogP contribution in [0.5, 0.6) is 0 Å². The van der Waals surface area contributed by atoms with Gasteiger partial charge in [-0.2, -0.15) is 0 Å². The molecule has 1 unspecified atom stereocenters. The maximum Gasteiger partial charge on any atom is 0.306 e. The van der Waals surface area contributed by atoms with Gasteiger partial charge < -0.3 is 10.4 Å². The molecule has 1 atom stereocenters. The minimum absolute atomic E-state index is 0.164. The highest BCUT2D eigenvalue weighted by molar-refractivity contribution is 5.94. The van der Waals surface area contributed by atoms with E-state index in [-0.39, 0.29) is 5.91 Å². The third-order valence-electron chi connectivity index (χ3n) is 2.60. The van der Waals surface area contributed by atoms with Crippen molar-refractivity contribution < 1.29 is 14.7 Å². The molecule has 0 fully saturated rings. The Morgan fingerprint density at radius 2 is 1.88 bits per heavy atom. The Hall–Kier alpha value is -1.84. The van der Waals surface area contributed by atoms with Gasteiger partial charge in [-0.05, 0) is 25.5 Å². The number of hydrogen-bond acceptors (Lipinski definition) is 2. The fourth-order valence-electron chi connectivity index (χ4n) is 1.33. The molecule has 0 bridgehead atoms. The normalized spacial score (nSPS) is 11.9. The molecule has 1 rings (SSSR count). The van der Waals surface area contributed by atoms with Crippen LogP contribution >= 0.6 is 0 Å². The first-order chi connectivity index (χ1) is 8.00. The van der Waals surface area contributed by atoms with Crippen molar-refractivity contribution in [1.82, 2.24) is 5.32 Å². The minimum Gasteiger partial charge on any atom is -0.481 e. The number of amides is 1. The van der Waals surface area contributed by atoms with Crippen molar-refractivity contribution in [2.45, 2.75) is 20.3 Å². The Bertz CT molecular complexity index is 398. The molecular weight excluding hydrogens is 218 g/mol. The molecule has 0 aromatic heterocycles. The van der Waals surface area contributed by atoms with E-state index >= 15 is 0 Å². The average Bonchev–Trinajstić information content (AvgIpc) is 2.29. The van der Waals surface area contributed by atoms with E-state index in [1.165, 1.54) is 0 Å². The monoisotopic (exact) mass is 235 g/mol. The summed E-state index contributed by atoms with van der Waals surface area (Å²) in [6.07, 6.45) is 0.437. The lowest BCUT2D eigenvalue weighted by Gasteiger charge is -2.08. The molecule has 1 aromatic carbocycles. The Balaban J connectivity index is 2.40. The molecule has 17 heavy (non-hydrogen) atoms. The van der Waals surface area contributed by atoms with Crippen LogP contribution in [0.25, 0.3) is 0 Å². The van der Waals surface area contributed by atoms with Gasteiger partial charge in [-0.25, -0.2) is 0 Å². The van der Waals surface area contributed by atoms with Gasteiger partial charge in [0.2, 0.25) is 0 Å². The topological polar surface area (TPSA) is 66.4 Å². The molecule has 2 N–H and O–H groups in total. The van der Waals surface area contributed by atoms with Gasteiger partial charge in [0.05, 0.1) is 5.92 Å². The first-order valence-corrected chi connectivity index (χ1v) is 5.58. The lowest BCUT2D eigenvalue weighted by Crippen LogP contribution is -2.26. The molecule has 1 amide bonds. The van der Waals surface area contributed by atoms with Gasteiger partial charge in [0.15, 0.2) is 0 Å². The summed E-state index contributed by atoms with van der Waals surface area (Å²) in [5, 5.41) is 11.4. The molecule has 4 nitrogen and oxygen atoms in total. The van der Waals surface area contributed by atoms with E-state index in [1.54, 1.807) is 19.1 Å². The molecule has 0 saturated carbocycles. The van der Waals surface area contributed by atoms with E-state index in [0.717, 1.165) is 5.56 Å². The van der Waals surface area contributed by atoms with E-state index in [1.807, 2.05) is 19.1 Å². The highest BCUT2D eigenvalue weighted by Crippen LogP contribution is 2.04. The minimum atomic E-state index is -0.838. The first kappa shape index (κ1) is 13.2. The van der Waals surface area contributed by atoms with Crippen LogP contribution < -0.4 is 5.32 Å². The van der Waals surface area contributed by atoms with Gasteiger partial charge in [-0.15, -0.1) is 0 Å². The van der Waals surface area contributed by atoms with Crippen LogP contribution in [0.3, 0.4) is 0 Å². The summed E-state index contributed by atoms with van der Waals surface area (Å²) in [7, 11) is 0. The molecule has 0 spiro atoms. The van der Waals surface area contributed by atoms with Gasteiger partial charge in [0.1, 0.15) is 0 Å². The number of nitrogens with one attached hydrogen (secondary N) is 1. The van der Waals surface area contributed by atoms with Crippen LogP contribution in [0.2, 0.25) is 0 Å². The lowest BCUT2D eigenvalue weighted by molar-refractivity contribution is -0.141. The third-order valence-corrected chi connectivity index (χ3v) is 2.60. The number of carbonyl (C=O) groups is 2. The van der Waals surface area contributed by atoms with Gasteiger partial charge in [0, 0.05) is 12.1 Å². The largest absolute Gasteiger partial charge is 0.481 e. The number of carboxylic acids is 1. The van der Waals surface area contributed by atoms with Gasteiger partial charge in [-0.3, -0.25) is 9.59 Å². The third kappa shape index (κ3) is 4.26. The summed E-state index contributed by atoms with van der Waals surface area (Å²) in [5.74, 6) is -1.44. The summed E-state index contributed by atoms with van der Waals surface area (Å²) in [4.78, 5) is 22.2. The fourth-order valence-corrected chi connectivity index (χ4v) is 1.33. The van der Waals surface area contributed by atoms with E-state index in [4.69, 9.17) is 5.11 Å². The van der Waals surface area contributed by atoms with Gasteiger partial charge in [0.25, 0.3) is 5.91 Å². The number of aliphatic carboxylic acids is 1. The van der Waals surface area contributed by atoms with Crippen LogP contribution in [0, 0.1) is 12.8 Å². The summed E-state index contributed by atoms with van der Waals surface area (Å²) in [6, 6.07) is 7.25. The predicted octanol–water partition coefficient (Wildman–Crippen LogP) is 1.84. The number of carboxylic acid groups (broad SMARTS) is 1. The maximum absolute atomic E-state index is 11.6. The zero-order valence-corrected chi connectivity index (χ0v) is 10.1. The van der Waals surface area contributed by atoms with Crippen LogP contribution in [0.1, 0.15) is 29.3 Å². The van der Waals surface area contributed by atoms with Crippen LogP contribution in [-0.4, -0.2) is 23.5 Å². The van der Waals surface area contributed by atoms with E-state index in [9.17, 15) is 9.59 Å². The zero-order chi connectivity index (χ0) is 12.8. The molecule has 0 heterocycles. The Kier molecular flexibility index (Phi) is 4.69. The maximum atomic E-state index is 11.6. The van der Waals surface area contributed by atoms with Crippen molar-refractivity contribution in [3.05, 3.63) is 35.4 Å². The predicted molar refractivity (Wildman–Crippen MR) is 64.9 cm³/mol. The quantitative estimate of drug-likeness (QED) is 0.818. The van der Waals surface area contributed by atoms with Crippen molar-refractivity contribution >= 4 is 11.9 Å². The number of aryl methyl sites for hydroxylation is 1. The molecule has 0 aliphatic rings. The average molecular weight is 235 g/mol. The van der Waals surface area contributed by atoms with Crippen LogP contribution in [-0.2, 0) is 4.79 Å². The van der Waals surface area contributed by atoms with Crippen molar-refractivity contribution in [3.63, 3.8) is 0 Å². The fraction of sp³-hybridized carbons (Fsp3) is 0.385. The Morgan fingerprint density at radius 3 is 2.41 bits per heavy atom. The number of hydrogen-bond donors (Lipinski definition) is 2. The molecule has 0 aliphatic heterocycles. The molecular formula is C13H17NO3. The Morgan fingerprint density at radius 1 is 1.29 bits per heavy atom. The number of benzene rings is 1. The van der Waals surface area contributed by atoms with Crippen LogP contribution in [0.4, 0.5) is 0 Å². The second-order valence-corrected chi connectivity index (χ2v) is 4.15. The number of carbonyl (C=O) groups excluding carboxylic acids is 1. The molecule has 0 saturated heterocycles. The summed E-state index contributed by atoms with van der Waals surface area (Å²) in [6.45, 7) is 3.96. The summed E-state index contributed by atoms with van der Waals surface area (Å²) < 4.78 is 0. The SMILES string of the molecule is Cc1ccc(C(=O)NCCC(C)C(=O)O)cc1.